The van der Waals surface area contributed by atoms with E-state index >= 15 is 0 Å². The molecule has 210 valence electrons. The summed E-state index contributed by atoms with van der Waals surface area (Å²) in [7, 11) is -6.83. The summed E-state index contributed by atoms with van der Waals surface area (Å²) in [5, 5.41) is -6.28. The van der Waals surface area contributed by atoms with Crippen LogP contribution >= 0.6 is 0 Å². The van der Waals surface area contributed by atoms with Crippen LogP contribution in [0, 0.1) is 0 Å². The quantitative estimate of drug-likeness (QED) is 0.136. The van der Waals surface area contributed by atoms with Gasteiger partial charge in [0.25, 0.3) is 0 Å². The normalized spacial score (nSPS) is 15.0. The summed E-state index contributed by atoms with van der Waals surface area (Å²) in [5.41, 5.74) is -2.65. The number of hydrogen-bond donors (Lipinski definition) is 1. The number of rotatable bonds is 11. The standard InChI is InChI=1S/C18H14F10O8S/c1-10(16(21,22)23)12(29)36-15(17(24,25)26,13(30)34-9-11-5-3-2-4-6-11)35-8-7-14(19,20)18(27,28)37(31,32)33/h2-6H,1,7-9H2,(H,31,32,33). The molecule has 0 fully saturated rings. The molecule has 8 nitrogen and oxygen atoms in total. The molecule has 1 aromatic carbocycles. The van der Waals surface area contributed by atoms with E-state index in [9.17, 15) is 61.9 Å². The SMILES string of the molecule is C=C(C(=O)OC(OCCC(F)(F)C(F)(F)S(=O)(=O)O)(C(=O)OCc1ccccc1)C(F)(F)F)C(F)(F)F. The van der Waals surface area contributed by atoms with Crippen LogP contribution in [0.15, 0.2) is 42.5 Å². The number of carbonyl (C=O) groups excluding carboxylic acids is 2. The second kappa shape index (κ2) is 10.8. The molecule has 1 atom stereocenters. The number of benzene rings is 1. The Hall–Kier alpha value is -2.93. The monoisotopic (exact) mass is 580 g/mol. The van der Waals surface area contributed by atoms with E-state index in [1.54, 1.807) is 0 Å². The van der Waals surface area contributed by atoms with Crippen molar-refractivity contribution >= 4 is 22.1 Å². The molecule has 19 heteroatoms. The van der Waals surface area contributed by atoms with Gasteiger partial charge >= 0.3 is 51.4 Å². The molecule has 1 aromatic rings. The number of alkyl halides is 10. The van der Waals surface area contributed by atoms with Gasteiger partial charge in [0, 0.05) is 6.42 Å². The minimum Gasteiger partial charge on any atom is -0.456 e. The van der Waals surface area contributed by atoms with E-state index < -0.39 is 76.6 Å². The lowest BCUT2D eigenvalue weighted by Gasteiger charge is -2.33. The minimum absolute atomic E-state index is 0.0303. The van der Waals surface area contributed by atoms with Gasteiger partial charge in [0.15, 0.2) is 0 Å². The molecule has 0 heterocycles. The van der Waals surface area contributed by atoms with Crippen LogP contribution in [0.25, 0.3) is 0 Å². The third kappa shape index (κ3) is 7.31. The first kappa shape index (κ1) is 32.1. The lowest BCUT2D eigenvalue weighted by atomic mass is 10.2. The number of carbonyl (C=O) groups is 2. The molecule has 0 spiro atoms. The van der Waals surface area contributed by atoms with E-state index in [0.29, 0.717) is 0 Å². The Bertz CT molecular complexity index is 1100. The first-order chi connectivity index (χ1) is 16.5. The molecule has 37 heavy (non-hydrogen) atoms. The number of ether oxygens (including phenoxy) is 3. The van der Waals surface area contributed by atoms with Crippen molar-refractivity contribution in [1.29, 1.82) is 0 Å². The molecular weight excluding hydrogens is 566 g/mol. The van der Waals surface area contributed by atoms with E-state index in [2.05, 4.69) is 20.8 Å². The fourth-order valence-electron chi connectivity index (χ4n) is 2.17. The smallest absolute Gasteiger partial charge is 0.456 e. The van der Waals surface area contributed by atoms with Crippen molar-refractivity contribution in [2.75, 3.05) is 6.61 Å². The van der Waals surface area contributed by atoms with Crippen LogP contribution in [-0.2, 0) is 40.5 Å². The molecule has 0 saturated carbocycles. The average molecular weight is 580 g/mol. The lowest BCUT2D eigenvalue weighted by molar-refractivity contribution is -0.358. The van der Waals surface area contributed by atoms with Crippen molar-refractivity contribution < 1.29 is 80.7 Å². The molecule has 0 aromatic heterocycles. The van der Waals surface area contributed by atoms with E-state index in [1.165, 1.54) is 30.3 Å². The largest absolute Gasteiger partial charge is 0.468 e. The zero-order valence-corrected chi connectivity index (χ0v) is 18.5. The van der Waals surface area contributed by atoms with Crippen molar-refractivity contribution in [3.05, 3.63) is 48.0 Å². The Morgan fingerprint density at radius 3 is 1.86 bits per heavy atom. The summed E-state index contributed by atoms with van der Waals surface area (Å²) in [6.45, 7) is -1.32. The molecule has 0 aliphatic heterocycles. The highest BCUT2D eigenvalue weighted by Gasteiger charge is 2.70. The molecule has 0 saturated heterocycles. The van der Waals surface area contributed by atoms with Gasteiger partial charge in [-0.3, -0.25) is 4.55 Å². The molecule has 1 N–H and O–H groups in total. The van der Waals surface area contributed by atoms with Crippen LogP contribution in [0.4, 0.5) is 43.9 Å². The minimum atomic E-state index is -6.83. The van der Waals surface area contributed by atoms with E-state index in [1.807, 2.05) is 0 Å². The van der Waals surface area contributed by atoms with Crippen LogP contribution in [0.3, 0.4) is 0 Å². The zero-order valence-electron chi connectivity index (χ0n) is 17.7. The molecule has 1 rings (SSSR count). The van der Waals surface area contributed by atoms with Crippen LogP contribution in [-0.4, -0.2) is 60.8 Å². The van der Waals surface area contributed by atoms with Crippen LogP contribution < -0.4 is 0 Å². The van der Waals surface area contributed by atoms with Gasteiger partial charge in [0.2, 0.25) is 0 Å². The second-order valence-corrected chi connectivity index (χ2v) is 8.30. The molecule has 0 aliphatic rings. The van der Waals surface area contributed by atoms with Gasteiger partial charge < -0.3 is 14.2 Å². The van der Waals surface area contributed by atoms with E-state index in [-0.39, 0.29) is 5.56 Å². The van der Waals surface area contributed by atoms with Crippen molar-refractivity contribution in [2.24, 2.45) is 0 Å². The third-order valence-corrected chi connectivity index (χ3v) is 5.10. The summed E-state index contributed by atoms with van der Waals surface area (Å²) >= 11 is 0. The van der Waals surface area contributed by atoms with Gasteiger partial charge in [-0.25, -0.2) is 9.59 Å². The Morgan fingerprint density at radius 2 is 1.43 bits per heavy atom. The van der Waals surface area contributed by atoms with Crippen LogP contribution in [0.2, 0.25) is 0 Å². The Balaban J connectivity index is 3.40. The summed E-state index contributed by atoms with van der Waals surface area (Å²) in [6.07, 6.45) is -14.8. The topological polar surface area (TPSA) is 116 Å². The molecule has 0 amide bonds. The molecule has 1 unspecified atom stereocenters. The maximum atomic E-state index is 13.8. The summed E-state index contributed by atoms with van der Waals surface area (Å²) in [4.78, 5) is 23.9. The first-order valence-corrected chi connectivity index (χ1v) is 10.6. The van der Waals surface area contributed by atoms with Crippen molar-refractivity contribution in [3.8, 4) is 0 Å². The highest BCUT2D eigenvalue weighted by atomic mass is 32.2. The van der Waals surface area contributed by atoms with Crippen LogP contribution in [0.5, 0.6) is 0 Å². The Kier molecular flexibility index (Phi) is 9.39. The Labute approximate surface area is 200 Å². The summed E-state index contributed by atoms with van der Waals surface area (Å²) < 4.78 is 174. The fourth-order valence-corrected chi connectivity index (χ4v) is 2.65. The fraction of sp³-hybridized carbons (Fsp3) is 0.444. The number of hydrogen-bond acceptors (Lipinski definition) is 7. The molecule has 0 bridgehead atoms. The zero-order chi connectivity index (χ0) is 29.1. The summed E-state index contributed by atoms with van der Waals surface area (Å²) in [6, 6.07) is 6.39. The van der Waals surface area contributed by atoms with E-state index in [0.717, 1.165) is 0 Å². The Morgan fingerprint density at radius 1 is 0.919 bits per heavy atom. The van der Waals surface area contributed by atoms with E-state index in [4.69, 9.17) is 4.55 Å². The van der Waals surface area contributed by atoms with Crippen molar-refractivity contribution in [3.63, 3.8) is 0 Å². The lowest BCUT2D eigenvalue weighted by Crippen LogP contribution is -2.59. The van der Waals surface area contributed by atoms with Crippen LogP contribution in [0.1, 0.15) is 12.0 Å². The predicted octanol–water partition coefficient (Wildman–Crippen LogP) is 4.17. The van der Waals surface area contributed by atoms with Crippen molar-refractivity contribution in [1.82, 2.24) is 0 Å². The maximum Gasteiger partial charge on any atom is 0.468 e. The highest BCUT2D eigenvalue weighted by molar-refractivity contribution is 7.87. The van der Waals surface area contributed by atoms with Gasteiger partial charge in [-0.15, -0.1) is 0 Å². The molecule has 0 radical (unpaired) electrons. The second-order valence-electron chi connectivity index (χ2n) is 6.84. The third-order valence-electron chi connectivity index (χ3n) is 4.15. The van der Waals surface area contributed by atoms with Gasteiger partial charge in [-0.2, -0.15) is 52.3 Å². The first-order valence-electron chi connectivity index (χ1n) is 9.13. The molecule has 0 aliphatic carbocycles. The molecular formula is C18H14F10O8S. The van der Waals surface area contributed by atoms with Crippen molar-refractivity contribution in [2.45, 2.75) is 42.3 Å². The highest BCUT2D eigenvalue weighted by Crippen LogP contribution is 2.43. The van der Waals surface area contributed by atoms with Gasteiger partial charge in [-0.05, 0) is 5.56 Å². The predicted molar refractivity (Wildman–Crippen MR) is 98.3 cm³/mol. The average Bonchev–Trinajstić information content (AvgIpc) is 2.74. The summed E-state index contributed by atoms with van der Waals surface area (Å²) in [5.74, 6) is -16.9. The number of halogens is 10. The van der Waals surface area contributed by atoms with Gasteiger partial charge in [0.1, 0.15) is 12.2 Å². The van der Waals surface area contributed by atoms with Gasteiger partial charge in [-0.1, -0.05) is 36.9 Å². The van der Waals surface area contributed by atoms with Gasteiger partial charge in [0.05, 0.1) is 6.61 Å². The number of esters is 2. The maximum absolute atomic E-state index is 13.8.